The van der Waals surface area contributed by atoms with E-state index >= 15 is 0 Å². The maximum Gasteiger partial charge on any atom is 0.407 e. The Hall–Kier alpha value is -3.35. The minimum atomic E-state index is -1.39. The van der Waals surface area contributed by atoms with Crippen LogP contribution in [0.4, 0.5) is 4.79 Å². The molecule has 34 heavy (non-hydrogen) atoms. The number of nitrogens with one attached hydrogen (secondary N) is 1. The number of aliphatic carboxylic acids is 1. The molecule has 1 atom stereocenters. The number of carboxylic acid groups (broad SMARTS) is 1. The topological polar surface area (TPSA) is 95.9 Å². The first-order valence-corrected chi connectivity index (χ1v) is 11.9. The second kappa shape index (κ2) is 10.7. The second-order valence-electron chi connectivity index (χ2n) is 9.11. The van der Waals surface area contributed by atoms with Gasteiger partial charge >= 0.3 is 12.1 Å². The number of nitrogens with zero attached hydrogens (tertiary/aromatic N) is 1. The number of benzene rings is 2. The van der Waals surface area contributed by atoms with Gasteiger partial charge < -0.3 is 20.1 Å². The number of carbonyl (C=O) groups is 3. The van der Waals surface area contributed by atoms with Gasteiger partial charge in [0.15, 0.2) is 0 Å². The first-order valence-electron chi connectivity index (χ1n) is 11.9. The summed E-state index contributed by atoms with van der Waals surface area (Å²) in [5, 5.41) is 12.3. The third-order valence-electron chi connectivity index (χ3n) is 6.56. The normalized spacial score (nSPS) is 13.5. The van der Waals surface area contributed by atoms with Crippen molar-refractivity contribution in [1.29, 1.82) is 0 Å². The molecule has 2 aromatic carbocycles. The molecule has 0 spiro atoms. The molecule has 0 fully saturated rings. The molecule has 0 aromatic heterocycles. The molecular weight excluding hydrogens is 432 g/mol. The Kier molecular flexibility index (Phi) is 7.97. The summed E-state index contributed by atoms with van der Waals surface area (Å²) in [5.74, 6) is -1.60. The number of hydrogen-bond donors (Lipinski definition) is 2. The van der Waals surface area contributed by atoms with E-state index in [-0.39, 0.29) is 19.1 Å². The Labute approximate surface area is 201 Å². The molecule has 2 aromatic rings. The molecule has 0 unspecified atom stereocenters. The monoisotopic (exact) mass is 466 g/mol. The van der Waals surface area contributed by atoms with Crippen LogP contribution in [0.5, 0.6) is 0 Å². The van der Waals surface area contributed by atoms with E-state index in [4.69, 9.17) is 4.74 Å². The summed E-state index contributed by atoms with van der Waals surface area (Å²) < 4.78 is 5.61. The molecule has 2 amide bonds. The molecule has 3 rings (SSSR count). The summed E-state index contributed by atoms with van der Waals surface area (Å²) >= 11 is 0. The quantitative estimate of drug-likeness (QED) is 0.525. The van der Waals surface area contributed by atoms with Crippen molar-refractivity contribution in [3.05, 3.63) is 59.7 Å². The zero-order valence-corrected chi connectivity index (χ0v) is 20.3. The summed E-state index contributed by atoms with van der Waals surface area (Å²) in [6, 6.07) is 15.3. The fourth-order valence-corrected chi connectivity index (χ4v) is 4.58. The first-order chi connectivity index (χ1) is 16.2. The van der Waals surface area contributed by atoms with Crippen LogP contribution in [-0.2, 0) is 14.3 Å². The number of hydrogen-bond acceptors (Lipinski definition) is 4. The molecule has 0 bridgehead atoms. The van der Waals surface area contributed by atoms with Crippen molar-refractivity contribution in [2.45, 2.75) is 64.5 Å². The largest absolute Gasteiger partial charge is 0.480 e. The van der Waals surface area contributed by atoms with E-state index in [9.17, 15) is 19.5 Å². The van der Waals surface area contributed by atoms with Gasteiger partial charge in [-0.2, -0.15) is 0 Å². The molecular formula is C27H34N2O5. The highest BCUT2D eigenvalue weighted by atomic mass is 16.5. The summed E-state index contributed by atoms with van der Waals surface area (Å²) in [6.45, 7) is 7.06. The van der Waals surface area contributed by atoms with Gasteiger partial charge in [-0.1, -0.05) is 68.3 Å². The van der Waals surface area contributed by atoms with Crippen molar-refractivity contribution in [1.82, 2.24) is 10.2 Å². The SMILES string of the molecule is CCCC[C@H](NC(=O)OCC1c2ccccc2-c2ccccc21)C(=O)N(CC)C(C)(C)C(=O)O. The number of likely N-dealkylation sites (N-methyl/N-ethyl adjacent to an activating group) is 1. The van der Waals surface area contributed by atoms with Gasteiger partial charge in [0, 0.05) is 12.5 Å². The number of amides is 2. The second-order valence-corrected chi connectivity index (χ2v) is 9.11. The van der Waals surface area contributed by atoms with Crippen molar-refractivity contribution in [2.75, 3.05) is 13.2 Å². The van der Waals surface area contributed by atoms with Gasteiger partial charge in [-0.3, -0.25) is 4.79 Å². The van der Waals surface area contributed by atoms with Gasteiger partial charge in [-0.05, 0) is 49.4 Å². The van der Waals surface area contributed by atoms with Crippen LogP contribution in [0.3, 0.4) is 0 Å². The Morgan fingerprint density at radius 3 is 2.09 bits per heavy atom. The highest BCUT2D eigenvalue weighted by molar-refractivity contribution is 5.91. The molecule has 0 saturated heterocycles. The number of rotatable bonds is 10. The number of alkyl carbamates (subject to hydrolysis) is 1. The lowest BCUT2D eigenvalue weighted by atomic mass is 9.98. The summed E-state index contributed by atoms with van der Waals surface area (Å²) in [5.41, 5.74) is 3.10. The van der Waals surface area contributed by atoms with Crippen LogP contribution in [0.2, 0.25) is 0 Å². The Balaban J connectivity index is 1.72. The van der Waals surface area contributed by atoms with E-state index in [1.54, 1.807) is 6.92 Å². The Morgan fingerprint density at radius 2 is 1.59 bits per heavy atom. The molecule has 1 aliphatic carbocycles. The average molecular weight is 467 g/mol. The molecule has 2 N–H and O–H groups in total. The van der Waals surface area contributed by atoms with Crippen LogP contribution < -0.4 is 5.32 Å². The highest BCUT2D eigenvalue weighted by Crippen LogP contribution is 2.44. The van der Waals surface area contributed by atoms with E-state index in [2.05, 4.69) is 17.4 Å². The number of carbonyl (C=O) groups excluding carboxylic acids is 2. The fraction of sp³-hybridized carbons (Fsp3) is 0.444. The zero-order valence-electron chi connectivity index (χ0n) is 20.3. The number of unbranched alkanes of at least 4 members (excludes halogenated alkanes) is 1. The van der Waals surface area contributed by atoms with Crippen molar-refractivity contribution in [3.8, 4) is 11.1 Å². The Morgan fingerprint density at radius 1 is 1.03 bits per heavy atom. The third-order valence-corrected chi connectivity index (χ3v) is 6.56. The van der Waals surface area contributed by atoms with Crippen LogP contribution in [0, 0.1) is 0 Å². The van der Waals surface area contributed by atoms with Crippen LogP contribution in [0.1, 0.15) is 64.0 Å². The number of ether oxygens (including phenoxy) is 1. The third kappa shape index (κ3) is 5.08. The summed E-state index contributed by atoms with van der Waals surface area (Å²) in [7, 11) is 0. The molecule has 0 aliphatic heterocycles. The fourth-order valence-electron chi connectivity index (χ4n) is 4.58. The van der Waals surface area contributed by atoms with Crippen LogP contribution in [-0.4, -0.2) is 52.7 Å². The molecule has 0 saturated carbocycles. The van der Waals surface area contributed by atoms with Gasteiger partial charge in [0.2, 0.25) is 5.91 Å². The summed E-state index contributed by atoms with van der Waals surface area (Å²) in [4.78, 5) is 39.0. The number of fused-ring (bicyclic) bond motifs is 3. The molecule has 0 radical (unpaired) electrons. The van der Waals surface area contributed by atoms with Crippen LogP contribution in [0.25, 0.3) is 11.1 Å². The van der Waals surface area contributed by atoms with Crippen LogP contribution in [0.15, 0.2) is 48.5 Å². The van der Waals surface area contributed by atoms with Crippen LogP contribution >= 0.6 is 0 Å². The van der Waals surface area contributed by atoms with E-state index in [1.807, 2.05) is 43.3 Å². The minimum Gasteiger partial charge on any atom is -0.480 e. The van der Waals surface area contributed by atoms with Gasteiger partial charge in [-0.25, -0.2) is 9.59 Å². The minimum absolute atomic E-state index is 0.0824. The van der Waals surface area contributed by atoms with Gasteiger partial charge in [0.05, 0.1) is 0 Å². The lowest BCUT2D eigenvalue weighted by Gasteiger charge is -2.36. The lowest BCUT2D eigenvalue weighted by molar-refractivity contribution is -0.157. The van der Waals surface area contributed by atoms with E-state index in [0.29, 0.717) is 12.8 Å². The Bertz CT molecular complexity index is 1000. The molecule has 7 heteroatoms. The van der Waals surface area contributed by atoms with E-state index in [1.165, 1.54) is 18.7 Å². The lowest BCUT2D eigenvalue weighted by Crippen LogP contribution is -2.58. The van der Waals surface area contributed by atoms with Crippen molar-refractivity contribution in [2.24, 2.45) is 0 Å². The predicted octanol–water partition coefficient (Wildman–Crippen LogP) is 4.80. The van der Waals surface area contributed by atoms with Crippen molar-refractivity contribution in [3.63, 3.8) is 0 Å². The van der Waals surface area contributed by atoms with Crippen molar-refractivity contribution >= 4 is 18.0 Å². The van der Waals surface area contributed by atoms with Gasteiger partial charge in [-0.15, -0.1) is 0 Å². The summed E-state index contributed by atoms with van der Waals surface area (Å²) in [6.07, 6.45) is 1.28. The zero-order chi connectivity index (χ0) is 24.9. The van der Waals surface area contributed by atoms with E-state index in [0.717, 1.165) is 28.7 Å². The maximum absolute atomic E-state index is 13.2. The highest BCUT2D eigenvalue weighted by Gasteiger charge is 2.40. The molecule has 1 aliphatic rings. The standard InChI is InChI=1S/C27H34N2O5/c1-5-7-16-23(24(30)29(6-2)27(3,4)25(31)32)28-26(33)34-17-22-20-14-10-8-12-18(20)19-13-9-11-15-21(19)22/h8-15,22-23H,5-7,16-17H2,1-4H3,(H,28,33)(H,31,32)/t23-/m0/s1. The van der Waals surface area contributed by atoms with Gasteiger partial charge in [0.1, 0.15) is 18.2 Å². The van der Waals surface area contributed by atoms with Crippen molar-refractivity contribution < 1.29 is 24.2 Å². The predicted molar refractivity (Wildman–Crippen MR) is 131 cm³/mol. The molecule has 7 nitrogen and oxygen atoms in total. The smallest absolute Gasteiger partial charge is 0.407 e. The van der Waals surface area contributed by atoms with E-state index < -0.39 is 29.6 Å². The first kappa shape index (κ1) is 25.3. The average Bonchev–Trinajstić information content (AvgIpc) is 3.14. The van der Waals surface area contributed by atoms with Gasteiger partial charge in [0.25, 0.3) is 0 Å². The maximum atomic E-state index is 13.2. The number of carboxylic acids is 1. The molecule has 0 heterocycles. The molecule has 182 valence electrons.